The van der Waals surface area contributed by atoms with Crippen molar-refractivity contribution in [3.05, 3.63) is 64.1 Å². The first-order chi connectivity index (χ1) is 14.0. The monoisotopic (exact) mass is 393 g/mol. The van der Waals surface area contributed by atoms with Crippen molar-refractivity contribution in [2.75, 3.05) is 13.2 Å². The molecule has 0 spiro atoms. The zero-order valence-corrected chi connectivity index (χ0v) is 16.5. The van der Waals surface area contributed by atoms with Crippen molar-refractivity contribution >= 4 is 16.7 Å². The number of aromatic nitrogens is 2. The van der Waals surface area contributed by atoms with E-state index in [-0.39, 0.29) is 23.1 Å². The lowest BCUT2D eigenvalue weighted by atomic mass is 10.1. The Morgan fingerprint density at radius 3 is 2.59 bits per heavy atom. The van der Waals surface area contributed by atoms with E-state index in [1.54, 1.807) is 24.3 Å². The average Bonchev–Trinajstić information content (AvgIpc) is 2.73. The lowest BCUT2D eigenvalue weighted by molar-refractivity contribution is 0.0945. The minimum absolute atomic E-state index is 0.183. The highest BCUT2D eigenvalue weighted by molar-refractivity contribution is 6.04. The minimum atomic E-state index is -0.325. The van der Waals surface area contributed by atoms with Crippen LogP contribution in [0.5, 0.6) is 11.5 Å². The number of rotatable bonds is 5. The summed E-state index contributed by atoms with van der Waals surface area (Å²) >= 11 is 0. The van der Waals surface area contributed by atoms with Gasteiger partial charge in [0.1, 0.15) is 13.2 Å². The van der Waals surface area contributed by atoms with E-state index >= 15 is 0 Å². The molecule has 0 saturated carbocycles. The first-order valence-electron chi connectivity index (χ1n) is 9.69. The molecule has 0 unspecified atom stereocenters. The van der Waals surface area contributed by atoms with Crippen LogP contribution in [0.3, 0.4) is 0 Å². The summed E-state index contributed by atoms with van der Waals surface area (Å²) in [7, 11) is 0. The minimum Gasteiger partial charge on any atom is -0.486 e. The zero-order chi connectivity index (χ0) is 20.4. The van der Waals surface area contributed by atoms with Crippen molar-refractivity contribution in [3.8, 4) is 11.5 Å². The van der Waals surface area contributed by atoms with Crippen LogP contribution in [0.2, 0.25) is 0 Å². The molecule has 0 radical (unpaired) electrons. The molecule has 0 bridgehead atoms. The van der Waals surface area contributed by atoms with Crippen LogP contribution in [0.4, 0.5) is 0 Å². The number of benzene rings is 2. The topological polar surface area (TPSA) is 82.5 Å². The molecular weight excluding hydrogens is 370 g/mol. The van der Waals surface area contributed by atoms with Crippen molar-refractivity contribution < 1.29 is 14.3 Å². The molecule has 0 aliphatic carbocycles. The Balaban J connectivity index is 1.61. The maximum absolute atomic E-state index is 12.9. The fourth-order valence-electron chi connectivity index (χ4n) is 3.34. The van der Waals surface area contributed by atoms with Crippen molar-refractivity contribution in [1.82, 2.24) is 15.1 Å². The number of nitrogens with zero attached hydrogens (tertiary/aromatic N) is 2. The third-order valence-electron chi connectivity index (χ3n) is 4.68. The van der Waals surface area contributed by atoms with Gasteiger partial charge in [0.05, 0.1) is 5.39 Å². The molecule has 1 aliphatic rings. The molecule has 7 heteroatoms. The van der Waals surface area contributed by atoms with E-state index in [1.165, 1.54) is 4.68 Å². The molecule has 150 valence electrons. The van der Waals surface area contributed by atoms with Gasteiger partial charge >= 0.3 is 0 Å². The number of carbonyl (C=O) groups excluding carboxylic acids is 1. The van der Waals surface area contributed by atoms with Gasteiger partial charge in [0.15, 0.2) is 17.2 Å². The normalized spacial score (nSPS) is 12.9. The fourth-order valence-corrected chi connectivity index (χ4v) is 3.34. The molecule has 29 heavy (non-hydrogen) atoms. The number of ether oxygens (including phenoxy) is 2. The Labute approximate surface area is 168 Å². The molecule has 4 rings (SSSR count). The van der Waals surface area contributed by atoms with E-state index < -0.39 is 0 Å². The number of fused-ring (bicyclic) bond motifs is 2. The lowest BCUT2D eigenvalue weighted by Crippen LogP contribution is -2.31. The maximum atomic E-state index is 12.9. The first-order valence-corrected chi connectivity index (χ1v) is 9.69. The number of carbonyl (C=O) groups is 1. The quantitative estimate of drug-likeness (QED) is 0.721. The molecule has 1 amide bonds. The van der Waals surface area contributed by atoms with Crippen molar-refractivity contribution in [2.45, 2.75) is 26.9 Å². The molecular formula is C22H23N3O4. The molecule has 0 fully saturated rings. The molecule has 2 heterocycles. The van der Waals surface area contributed by atoms with Gasteiger partial charge in [-0.2, -0.15) is 5.10 Å². The van der Waals surface area contributed by atoms with Gasteiger partial charge in [-0.05, 0) is 29.7 Å². The summed E-state index contributed by atoms with van der Waals surface area (Å²) in [5.41, 5.74) is 0.957. The van der Waals surface area contributed by atoms with Crippen molar-refractivity contribution in [3.63, 3.8) is 0 Å². The molecule has 0 atom stereocenters. The van der Waals surface area contributed by atoms with Gasteiger partial charge in [-0.25, -0.2) is 4.68 Å². The van der Waals surface area contributed by atoms with Gasteiger partial charge in [0, 0.05) is 18.5 Å². The van der Waals surface area contributed by atoms with E-state index in [2.05, 4.69) is 10.4 Å². The number of amides is 1. The van der Waals surface area contributed by atoms with E-state index in [9.17, 15) is 9.59 Å². The summed E-state index contributed by atoms with van der Waals surface area (Å²) in [5, 5.41) is 8.32. The standard InChI is InChI=1S/C22H23N3O4/c1-14(2)13-25-22(27)17-6-4-3-5-16(17)20(24-25)21(26)23-12-15-7-8-18-19(11-15)29-10-9-28-18/h3-8,11,14H,9-10,12-13H2,1-2H3,(H,23,26). The molecule has 1 N–H and O–H groups in total. The van der Waals surface area contributed by atoms with E-state index in [1.807, 2.05) is 32.0 Å². The fraction of sp³-hybridized carbons (Fsp3) is 0.318. The molecule has 1 aliphatic heterocycles. The first kappa shape index (κ1) is 19.0. The Bertz CT molecular complexity index is 1120. The van der Waals surface area contributed by atoms with Gasteiger partial charge in [0.25, 0.3) is 11.5 Å². The van der Waals surface area contributed by atoms with Crippen LogP contribution < -0.4 is 20.3 Å². The second-order valence-electron chi connectivity index (χ2n) is 7.44. The summed E-state index contributed by atoms with van der Waals surface area (Å²) in [6.45, 7) is 5.82. The summed E-state index contributed by atoms with van der Waals surface area (Å²) in [5.74, 6) is 1.29. The Morgan fingerprint density at radius 2 is 1.83 bits per heavy atom. The second-order valence-corrected chi connectivity index (χ2v) is 7.44. The van der Waals surface area contributed by atoms with Crippen LogP contribution in [-0.4, -0.2) is 28.9 Å². The third kappa shape index (κ3) is 3.94. The number of nitrogens with one attached hydrogen (secondary N) is 1. The SMILES string of the molecule is CC(C)Cn1nc(C(=O)NCc2ccc3c(c2)OCCO3)c2ccccc2c1=O. The molecule has 0 saturated heterocycles. The number of hydrogen-bond acceptors (Lipinski definition) is 5. The second kappa shape index (κ2) is 7.95. The summed E-state index contributed by atoms with van der Waals surface area (Å²) < 4.78 is 12.5. The highest BCUT2D eigenvalue weighted by Crippen LogP contribution is 2.30. The van der Waals surface area contributed by atoms with Crippen LogP contribution in [0.1, 0.15) is 29.9 Å². The van der Waals surface area contributed by atoms with Gasteiger partial charge < -0.3 is 14.8 Å². The smallest absolute Gasteiger partial charge is 0.274 e. The predicted octanol–water partition coefficient (Wildman–Crippen LogP) is 2.75. The van der Waals surface area contributed by atoms with Crippen LogP contribution in [0.15, 0.2) is 47.3 Å². The van der Waals surface area contributed by atoms with Gasteiger partial charge in [-0.1, -0.05) is 38.1 Å². The molecule has 3 aromatic rings. The van der Waals surface area contributed by atoms with E-state index in [0.717, 1.165) is 5.56 Å². The highest BCUT2D eigenvalue weighted by atomic mass is 16.6. The van der Waals surface area contributed by atoms with Crippen LogP contribution in [0.25, 0.3) is 10.8 Å². The number of hydrogen-bond donors (Lipinski definition) is 1. The van der Waals surface area contributed by atoms with E-state index in [0.29, 0.717) is 48.6 Å². The van der Waals surface area contributed by atoms with Crippen molar-refractivity contribution in [1.29, 1.82) is 0 Å². The summed E-state index contributed by atoms with van der Waals surface area (Å²) in [6, 6.07) is 12.7. The molecule has 2 aromatic carbocycles. The Hall–Kier alpha value is -3.35. The van der Waals surface area contributed by atoms with Gasteiger partial charge in [0.2, 0.25) is 0 Å². The van der Waals surface area contributed by atoms with Gasteiger partial charge in [-0.3, -0.25) is 9.59 Å². The average molecular weight is 393 g/mol. The summed E-state index contributed by atoms with van der Waals surface area (Å²) in [4.78, 5) is 25.6. The molecule has 1 aromatic heterocycles. The summed E-state index contributed by atoms with van der Waals surface area (Å²) in [6.07, 6.45) is 0. The predicted molar refractivity (Wildman–Crippen MR) is 109 cm³/mol. The third-order valence-corrected chi connectivity index (χ3v) is 4.68. The molecule has 7 nitrogen and oxygen atoms in total. The van der Waals surface area contributed by atoms with Crippen LogP contribution in [0, 0.1) is 5.92 Å². The van der Waals surface area contributed by atoms with Crippen LogP contribution >= 0.6 is 0 Å². The Kier molecular flexibility index (Phi) is 5.20. The van der Waals surface area contributed by atoms with E-state index in [4.69, 9.17) is 9.47 Å². The zero-order valence-electron chi connectivity index (χ0n) is 16.5. The van der Waals surface area contributed by atoms with Gasteiger partial charge in [-0.15, -0.1) is 0 Å². The van der Waals surface area contributed by atoms with Crippen LogP contribution in [-0.2, 0) is 13.1 Å². The Morgan fingerprint density at radius 1 is 1.10 bits per heavy atom. The highest BCUT2D eigenvalue weighted by Gasteiger charge is 2.18. The largest absolute Gasteiger partial charge is 0.486 e. The lowest BCUT2D eigenvalue weighted by Gasteiger charge is -2.19. The van der Waals surface area contributed by atoms with Crippen molar-refractivity contribution in [2.24, 2.45) is 5.92 Å². The maximum Gasteiger partial charge on any atom is 0.274 e.